The molecular weight excluding hydrogens is 370 g/mol. The maximum atomic E-state index is 12.7. The van der Waals surface area contributed by atoms with Crippen LogP contribution in [0, 0.1) is 0 Å². The first-order valence-electron chi connectivity index (χ1n) is 9.91. The quantitative estimate of drug-likeness (QED) is 0.730. The predicted molar refractivity (Wildman–Crippen MR) is 113 cm³/mol. The number of nitrogens with one attached hydrogen (secondary N) is 2. The Morgan fingerprint density at radius 2 is 1.71 bits per heavy atom. The minimum Gasteiger partial charge on any atom is -0.368 e. The van der Waals surface area contributed by atoms with E-state index < -0.39 is 5.60 Å². The second-order valence-corrected chi connectivity index (χ2v) is 8.33. The van der Waals surface area contributed by atoms with Crippen molar-refractivity contribution in [1.29, 1.82) is 0 Å². The van der Waals surface area contributed by atoms with Crippen molar-refractivity contribution in [2.75, 3.05) is 38.2 Å². The topological polar surface area (TPSA) is 53.6 Å². The van der Waals surface area contributed by atoms with Gasteiger partial charge in [-0.15, -0.1) is 0 Å². The van der Waals surface area contributed by atoms with Crippen LogP contribution >= 0.6 is 11.8 Å². The number of benzene rings is 2. The number of carbonyl (C=O) groups is 1. The summed E-state index contributed by atoms with van der Waals surface area (Å²) in [7, 11) is 1.64. The summed E-state index contributed by atoms with van der Waals surface area (Å²) < 4.78 is 5.62. The minimum atomic E-state index is -0.674. The third-order valence-electron chi connectivity index (χ3n) is 5.59. The van der Waals surface area contributed by atoms with E-state index in [1.54, 1.807) is 7.11 Å². The number of hydrogen-bond donors (Lipinski definition) is 2. The lowest BCUT2D eigenvalue weighted by Gasteiger charge is -2.35. The van der Waals surface area contributed by atoms with Crippen molar-refractivity contribution in [2.24, 2.45) is 0 Å². The molecular formula is C22H27N3O2S. The van der Waals surface area contributed by atoms with Gasteiger partial charge in [0.15, 0.2) is 0 Å². The number of carbonyl (C=O) groups excluding carboxylic acids is 1. The molecule has 1 amide bonds. The van der Waals surface area contributed by atoms with Gasteiger partial charge in [-0.1, -0.05) is 36.0 Å². The Balaban J connectivity index is 1.40. The van der Waals surface area contributed by atoms with E-state index >= 15 is 0 Å². The molecule has 0 unspecified atom stereocenters. The summed E-state index contributed by atoms with van der Waals surface area (Å²) in [6, 6.07) is 17.0. The SMILES string of the molecule is COC1(C(=O)NCCCN2c3ccccc3Sc3ccccc32)CCNCC1. The molecule has 2 heterocycles. The maximum Gasteiger partial charge on any atom is 0.252 e. The lowest BCUT2D eigenvalue weighted by atomic mass is 9.91. The zero-order valence-corrected chi connectivity index (χ0v) is 17.1. The highest BCUT2D eigenvalue weighted by atomic mass is 32.2. The Hall–Kier alpha value is -2.02. The lowest BCUT2D eigenvalue weighted by molar-refractivity contribution is -0.146. The summed E-state index contributed by atoms with van der Waals surface area (Å²) in [5, 5.41) is 6.40. The molecule has 2 aliphatic rings. The van der Waals surface area contributed by atoms with Crippen molar-refractivity contribution in [3.8, 4) is 0 Å². The molecule has 28 heavy (non-hydrogen) atoms. The van der Waals surface area contributed by atoms with Crippen LogP contribution in [-0.4, -0.2) is 44.8 Å². The molecule has 2 N–H and O–H groups in total. The molecule has 2 aliphatic heterocycles. The van der Waals surface area contributed by atoms with Crippen LogP contribution in [0.4, 0.5) is 11.4 Å². The van der Waals surface area contributed by atoms with Gasteiger partial charge in [0.05, 0.1) is 11.4 Å². The average Bonchev–Trinajstić information content (AvgIpc) is 2.76. The highest BCUT2D eigenvalue weighted by Gasteiger charge is 2.39. The van der Waals surface area contributed by atoms with E-state index in [9.17, 15) is 4.79 Å². The van der Waals surface area contributed by atoms with Crippen LogP contribution in [-0.2, 0) is 9.53 Å². The van der Waals surface area contributed by atoms with Crippen LogP contribution < -0.4 is 15.5 Å². The fourth-order valence-corrected chi connectivity index (χ4v) is 5.07. The molecule has 0 aliphatic carbocycles. The van der Waals surface area contributed by atoms with E-state index in [0.717, 1.165) is 38.9 Å². The van der Waals surface area contributed by atoms with E-state index in [-0.39, 0.29) is 5.91 Å². The number of ether oxygens (including phenoxy) is 1. The monoisotopic (exact) mass is 397 g/mol. The molecule has 1 saturated heterocycles. The molecule has 2 aromatic rings. The van der Waals surface area contributed by atoms with Crippen molar-refractivity contribution >= 4 is 29.0 Å². The minimum absolute atomic E-state index is 0.0199. The molecule has 2 aromatic carbocycles. The van der Waals surface area contributed by atoms with Gasteiger partial charge in [-0.2, -0.15) is 0 Å². The normalized spacial score (nSPS) is 17.5. The zero-order chi connectivity index (χ0) is 19.4. The Morgan fingerprint density at radius 3 is 2.32 bits per heavy atom. The molecule has 0 saturated carbocycles. The maximum absolute atomic E-state index is 12.7. The highest BCUT2D eigenvalue weighted by Crippen LogP contribution is 2.47. The number of amides is 1. The highest BCUT2D eigenvalue weighted by molar-refractivity contribution is 7.99. The Labute approximate surface area is 170 Å². The second-order valence-electron chi connectivity index (χ2n) is 7.25. The molecule has 0 aromatic heterocycles. The number of fused-ring (bicyclic) bond motifs is 2. The molecule has 0 radical (unpaired) electrons. The molecule has 148 valence electrons. The van der Waals surface area contributed by atoms with Crippen molar-refractivity contribution in [3.05, 3.63) is 48.5 Å². The van der Waals surface area contributed by atoms with Crippen molar-refractivity contribution in [1.82, 2.24) is 10.6 Å². The Morgan fingerprint density at radius 1 is 1.11 bits per heavy atom. The van der Waals surface area contributed by atoms with Gasteiger partial charge in [0.1, 0.15) is 5.60 Å². The van der Waals surface area contributed by atoms with Gasteiger partial charge in [0, 0.05) is 30.0 Å². The molecule has 5 nitrogen and oxygen atoms in total. The van der Waals surface area contributed by atoms with Crippen LogP contribution in [0.5, 0.6) is 0 Å². The van der Waals surface area contributed by atoms with Gasteiger partial charge in [-0.05, 0) is 56.6 Å². The van der Waals surface area contributed by atoms with Crippen molar-refractivity contribution < 1.29 is 9.53 Å². The van der Waals surface area contributed by atoms with Gasteiger partial charge in [-0.25, -0.2) is 0 Å². The largest absolute Gasteiger partial charge is 0.368 e. The average molecular weight is 398 g/mol. The van der Waals surface area contributed by atoms with Crippen LogP contribution in [0.2, 0.25) is 0 Å². The number of nitrogens with zero attached hydrogens (tertiary/aromatic N) is 1. The van der Waals surface area contributed by atoms with Crippen LogP contribution in [0.1, 0.15) is 19.3 Å². The third-order valence-corrected chi connectivity index (χ3v) is 6.72. The fraction of sp³-hybridized carbons (Fsp3) is 0.409. The van der Waals surface area contributed by atoms with Gasteiger partial charge < -0.3 is 20.3 Å². The van der Waals surface area contributed by atoms with Crippen LogP contribution in [0.3, 0.4) is 0 Å². The summed E-state index contributed by atoms with van der Waals surface area (Å²) >= 11 is 1.82. The Bertz CT molecular complexity index is 791. The number of piperidine rings is 1. The standard InChI is InChI=1S/C22H27N3O2S/c1-27-22(11-14-23-15-12-22)21(26)24-13-6-16-25-17-7-2-4-9-19(17)28-20-10-5-3-8-18(20)25/h2-5,7-10,23H,6,11-16H2,1H3,(H,24,26). The van der Waals surface area contributed by atoms with Gasteiger partial charge in [0.2, 0.25) is 0 Å². The molecule has 0 atom stereocenters. The molecule has 0 spiro atoms. The van der Waals surface area contributed by atoms with Crippen LogP contribution in [0.25, 0.3) is 0 Å². The molecule has 6 heteroatoms. The van der Waals surface area contributed by atoms with E-state index in [1.165, 1.54) is 21.2 Å². The number of methoxy groups -OCH3 is 1. The number of rotatable bonds is 6. The fourth-order valence-electron chi connectivity index (χ4n) is 3.98. The summed E-state index contributed by atoms with van der Waals surface area (Å²) in [5.74, 6) is 0.0199. The van der Waals surface area contributed by atoms with E-state index in [0.29, 0.717) is 6.54 Å². The lowest BCUT2D eigenvalue weighted by Crippen LogP contribution is -2.54. The predicted octanol–water partition coefficient (Wildman–Crippen LogP) is 3.56. The molecule has 1 fully saturated rings. The molecule has 4 rings (SSSR count). The van der Waals surface area contributed by atoms with E-state index in [1.807, 2.05) is 11.8 Å². The summed E-state index contributed by atoms with van der Waals surface area (Å²) in [4.78, 5) is 17.6. The first-order chi connectivity index (χ1) is 13.7. The van der Waals surface area contributed by atoms with Gasteiger partial charge in [0.25, 0.3) is 5.91 Å². The van der Waals surface area contributed by atoms with Gasteiger partial charge in [-0.3, -0.25) is 4.79 Å². The van der Waals surface area contributed by atoms with Crippen molar-refractivity contribution in [2.45, 2.75) is 34.7 Å². The Kier molecular flexibility index (Phi) is 5.90. The smallest absolute Gasteiger partial charge is 0.252 e. The first kappa shape index (κ1) is 19.3. The second kappa shape index (κ2) is 8.55. The number of hydrogen-bond acceptors (Lipinski definition) is 5. The number of anilines is 2. The van der Waals surface area contributed by atoms with E-state index in [2.05, 4.69) is 64.1 Å². The summed E-state index contributed by atoms with van der Waals surface area (Å²) in [5.41, 5.74) is 1.81. The van der Waals surface area contributed by atoms with Crippen molar-refractivity contribution in [3.63, 3.8) is 0 Å². The van der Waals surface area contributed by atoms with Gasteiger partial charge >= 0.3 is 0 Å². The van der Waals surface area contributed by atoms with Crippen LogP contribution in [0.15, 0.2) is 58.3 Å². The first-order valence-corrected chi connectivity index (χ1v) is 10.7. The van der Waals surface area contributed by atoms with E-state index in [4.69, 9.17) is 4.74 Å². The third kappa shape index (κ3) is 3.77. The molecule has 0 bridgehead atoms. The number of para-hydroxylation sites is 2. The zero-order valence-electron chi connectivity index (χ0n) is 16.2. The summed E-state index contributed by atoms with van der Waals surface area (Å²) in [6.07, 6.45) is 2.32. The summed E-state index contributed by atoms with van der Waals surface area (Å²) in [6.45, 7) is 3.14.